The Hall–Kier alpha value is -2.03. The number of rotatable bonds is 1. The van der Waals surface area contributed by atoms with Crippen molar-refractivity contribution in [3.63, 3.8) is 0 Å². The Morgan fingerprint density at radius 2 is 1.89 bits per heavy atom. The van der Waals surface area contributed by atoms with Crippen LogP contribution >= 0.6 is 0 Å². The highest BCUT2D eigenvalue weighted by Crippen LogP contribution is 2.37. The maximum absolute atomic E-state index is 10.1. The molecule has 3 nitrogen and oxygen atoms in total. The molecule has 92 valence electrons. The van der Waals surface area contributed by atoms with Crippen molar-refractivity contribution in [2.45, 2.75) is 25.7 Å². The number of benzene rings is 1. The lowest BCUT2D eigenvalue weighted by Gasteiger charge is -2.20. The molecule has 0 saturated heterocycles. The summed E-state index contributed by atoms with van der Waals surface area (Å²) in [6.45, 7) is 0. The molecule has 0 aliphatic heterocycles. The van der Waals surface area contributed by atoms with Crippen LogP contribution in [0.3, 0.4) is 0 Å². The zero-order valence-electron chi connectivity index (χ0n) is 10.2. The summed E-state index contributed by atoms with van der Waals surface area (Å²) in [4.78, 5) is 4.33. The maximum atomic E-state index is 10.1. The van der Waals surface area contributed by atoms with E-state index in [1.165, 1.54) is 24.0 Å². The quantitative estimate of drug-likeness (QED) is 0.805. The van der Waals surface area contributed by atoms with Crippen molar-refractivity contribution < 1.29 is 5.11 Å². The van der Waals surface area contributed by atoms with E-state index in [0.717, 1.165) is 24.1 Å². The van der Waals surface area contributed by atoms with E-state index in [1.807, 2.05) is 18.2 Å². The number of aryl methyl sites for hydroxylation is 1. The molecule has 0 saturated carbocycles. The number of nitrogens with two attached hydrogens (primary N) is 1. The van der Waals surface area contributed by atoms with E-state index in [2.05, 4.69) is 4.98 Å². The Kier molecular flexibility index (Phi) is 2.67. The number of pyridine rings is 1. The van der Waals surface area contributed by atoms with E-state index in [-0.39, 0.29) is 0 Å². The van der Waals surface area contributed by atoms with Crippen LogP contribution in [-0.2, 0) is 12.8 Å². The van der Waals surface area contributed by atoms with Gasteiger partial charge in [-0.2, -0.15) is 0 Å². The minimum Gasteiger partial charge on any atom is -0.507 e. The number of nitrogen functional groups attached to an aromatic ring is 1. The van der Waals surface area contributed by atoms with Gasteiger partial charge in [0.25, 0.3) is 0 Å². The smallest absolute Gasteiger partial charge is 0.125 e. The molecule has 0 unspecified atom stereocenters. The van der Waals surface area contributed by atoms with E-state index < -0.39 is 0 Å². The predicted molar refractivity (Wildman–Crippen MR) is 72.4 cm³/mol. The number of nitrogens with zero attached hydrogens (tertiary/aromatic N) is 1. The van der Waals surface area contributed by atoms with E-state index in [4.69, 9.17) is 5.73 Å². The second-order valence-corrected chi connectivity index (χ2v) is 4.75. The van der Waals surface area contributed by atoms with Crippen molar-refractivity contribution in [2.75, 3.05) is 5.73 Å². The summed E-state index contributed by atoms with van der Waals surface area (Å²) in [5.41, 5.74) is 9.93. The lowest BCUT2D eigenvalue weighted by molar-refractivity contribution is 0.475. The van der Waals surface area contributed by atoms with Crippen molar-refractivity contribution in [3.05, 3.63) is 41.5 Å². The normalized spacial score (nSPS) is 14.2. The van der Waals surface area contributed by atoms with Crippen LogP contribution in [0.4, 0.5) is 5.82 Å². The number of aromatic hydroxyl groups is 1. The molecule has 1 aromatic heterocycles. The highest BCUT2D eigenvalue weighted by atomic mass is 16.3. The molecule has 1 aliphatic carbocycles. The summed E-state index contributed by atoms with van der Waals surface area (Å²) >= 11 is 0. The molecule has 2 aromatic rings. The number of fused-ring (bicyclic) bond motifs is 1. The van der Waals surface area contributed by atoms with Crippen molar-refractivity contribution in [1.29, 1.82) is 0 Å². The molecule has 18 heavy (non-hydrogen) atoms. The van der Waals surface area contributed by atoms with Gasteiger partial charge >= 0.3 is 0 Å². The molecular weight excluding hydrogens is 224 g/mol. The third-order valence-electron chi connectivity index (χ3n) is 3.54. The molecule has 1 aliphatic rings. The molecule has 0 fully saturated rings. The van der Waals surface area contributed by atoms with Crippen LogP contribution in [0, 0.1) is 0 Å². The first kappa shape index (κ1) is 11.1. The van der Waals surface area contributed by atoms with Crippen LogP contribution in [0.15, 0.2) is 30.3 Å². The molecule has 0 bridgehead atoms. The first-order valence-corrected chi connectivity index (χ1v) is 6.32. The lowest BCUT2D eigenvalue weighted by Crippen LogP contribution is -2.05. The number of anilines is 1. The van der Waals surface area contributed by atoms with Crippen LogP contribution in [0.2, 0.25) is 0 Å². The standard InChI is InChI=1S/C15H16N2O/c16-14-7-3-6-12(17-14)15-11-5-2-1-4-10(11)8-9-13(15)18/h3,6-9,18H,1-2,4-5H2,(H2,16,17). The molecule has 0 spiro atoms. The van der Waals surface area contributed by atoms with Gasteiger partial charge in [-0.25, -0.2) is 4.98 Å². The molecular formula is C15H16N2O. The largest absolute Gasteiger partial charge is 0.507 e. The highest BCUT2D eigenvalue weighted by Gasteiger charge is 2.18. The van der Waals surface area contributed by atoms with Gasteiger partial charge in [-0.3, -0.25) is 0 Å². The van der Waals surface area contributed by atoms with Crippen molar-refractivity contribution in [3.8, 4) is 17.0 Å². The van der Waals surface area contributed by atoms with Crippen molar-refractivity contribution in [1.82, 2.24) is 4.98 Å². The van der Waals surface area contributed by atoms with Crippen LogP contribution in [-0.4, -0.2) is 10.1 Å². The van der Waals surface area contributed by atoms with Gasteiger partial charge in [0.2, 0.25) is 0 Å². The Bertz CT molecular complexity index is 593. The van der Waals surface area contributed by atoms with Gasteiger partial charge in [0.15, 0.2) is 0 Å². The summed E-state index contributed by atoms with van der Waals surface area (Å²) in [5, 5.41) is 10.1. The number of hydrogen-bond acceptors (Lipinski definition) is 3. The minimum atomic E-state index is 0.300. The van der Waals surface area contributed by atoms with E-state index >= 15 is 0 Å². The van der Waals surface area contributed by atoms with E-state index in [1.54, 1.807) is 12.1 Å². The third-order valence-corrected chi connectivity index (χ3v) is 3.54. The van der Waals surface area contributed by atoms with Gasteiger partial charge in [-0.1, -0.05) is 12.1 Å². The van der Waals surface area contributed by atoms with E-state index in [0.29, 0.717) is 11.6 Å². The number of hydrogen-bond donors (Lipinski definition) is 2. The molecule has 0 atom stereocenters. The Labute approximate surface area is 106 Å². The number of aromatic nitrogens is 1. The first-order chi connectivity index (χ1) is 8.75. The van der Waals surface area contributed by atoms with Crippen LogP contribution in [0.5, 0.6) is 5.75 Å². The average Bonchev–Trinajstić information content (AvgIpc) is 2.38. The minimum absolute atomic E-state index is 0.300. The predicted octanol–water partition coefficient (Wildman–Crippen LogP) is 2.92. The van der Waals surface area contributed by atoms with Gasteiger partial charge in [0.05, 0.1) is 5.69 Å². The van der Waals surface area contributed by atoms with Gasteiger partial charge in [-0.15, -0.1) is 0 Å². The Balaban J connectivity index is 2.22. The summed E-state index contributed by atoms with van der Waals surface area (Å²) in [6.07, 6.45) is 4.49. The molecule has 3 rings (SSSR count). The topological polar surface area (TPSA) is 59.1 Å². The molecule has 0 radical (unpaired) electrons. The van der Waals surface area contributed by atoms with Crippen LogP contribution in [0.1, 0.15) is 24.0 Å². The summed E-state index contributed by atoms with van der Waals surface area (Å²) in [6, 6.07) is 9.33. The number of phenolic OH excluding ortho intramolecular Hbond substituents is 1. The van der Waals surface area contributed by atoms with Crippen molar-refractivity contribution in [2.24, 2.45) is 0 Å². The average molecular weight is 240 g/mol. The van der Waals surface area contributed by atoms with Crippen LogP contribution < -0.4 is 5.73 Å². The fourth-order valence-corrected chi connectivity index (χ4v) is 2.69. The van der Waals surface area contributed by atoms with E-state index in [9.17, 15) is 5.11 Å². The first-order valence-electron chi connectivity index (χ1n) is 6.32. The Morgan fingerprint density at radius 1 is 1.06 bits per heavy atom. The van der Waals surface area contributed by atoms with Gasteiger partial charge in [0, 0.05) is 5.56 Å². The summed E-state index contributed by atoms with van der Waals surface area (Å²) in [7, 11) is 0. The summed E-state index contributed by atoms with van der Waals surface area (Å²) < 4.78 is 0. The van der Waals surface area contributed by atoms with Gasteiger partial charge in [-0.05, 0) is 55.0 Å². The SMILES string of the molecule is Nc1cccc(-c2c(O)ccc3c2CCCC3)n1. The fourth-order valence-electron chi connectivity index (χ4n) is 2.69. The summed E-state index contributed by atoms with van der Waals surface area (Å²) in [5.74, 6) is 0.786. The third kappa shape index (κ3) is 1.82. The zero-order chi connectivity index (χ0) is 12.5. The zero-order valence-corrected chi connectivity index (χ0v) is 10.2. The molecule has 1 aromatic carbocycles. The molecule has 3 heteroatoms. The monoisotopic (exact) mass is 240 g/mol. The van der Waals surface area contributed by atoms with Crippen LogP contribution in [0.25, 0.3) is 11.3 Å². The van der Waals surface area contributed by atoms with Crippen molar-refractivity contribution >= 4 is 5.82 Å². The molecule has 0 amide bonds. The van der Waals surface area contributed by atoms with Gasteiger partial charge < -0.3 is 10.8 Å². The second-order valence-electron chi connectivity index (χ2n) is 4.75. The lowest BCUT2D eigenvalue weighted by atomic mass is 9.86. The number of phenols is 1. The molecule has 3 N–H and O–H groups in total. The molecule has 1 heterocycles. The maximum Gasteiger partial charge on any atom is 0.125 e. The second kappa shape index (κ2) is 4.33. The van der Waals surface area contributed by atoms with Gasteiger partial charge in [0.1, 0.15) is 11.6 Å². The Morgan fingerprint density at radius 3 is 2.72 bits per heavy atom. The highest BCUT2D eigenvalue weighted by molar-refractivity contribution is 5.73. The fraction of sp³-hybridized carbons (Fsp3) is 0.267.